The Labute approximate surface area is 174 Å². The molecule has 7 nitrogen and oxygen atoms in total. The largest absolute Gasteiger partial charge is 0.494 e. The van der Waals surface area contributed by atoms with Gasteiger partial charge in [0.15, 0.2) is 6.10 Å². The minimum Gasteiger partial charge on any atom is -0.494 e. The Kier molecular flexibility index (Phi) is 7.43. The number of aryl methyl sites for hydroxylation is 1. The highest BCUT2D eigenvalue weighted by molar-refractivity contribution is 6.31. The van der Waals surface area contributed by atoms with Crippen molar-refractivity contribution in [1.82, 2.24) is 4.57 Å². The molecule has 2 rings (SSSR count). The van der Waals surface area contributed by atoms with Crippen LogP contribution < -0.4 is 10.3 Å². The third kappa shape index (κ3) is 4.78. The van der Waals surface area contributed by atoms with Gasteiger partial charge in [0, 0.05) is 25.3 Å². The zero-order valence-electron chi connectivity index (χ0n) is 16.8. The molecule has 8 heteroatoms. The van der Waals surface area contributed by atoms with Gasteiger partial charge in [0.2, 0.25) is 11.7 Å². The van der Waals surface area contributed by atoms with Gasteiger partial charge in [-0.05, 0) is 56.5 Å². The summed E-state index contributed by atoms with van der Waals surface area (Å²) in [4.78, 5) is 25.6. The van der Waals surface area contributed by atoms with Gasteiger partial charge in [-0.1, -0.05) is 11.6 Å². The zero-order chi connectivity index (χ0) is 21.7. The lowest BCUT2D eigenvalue weighted by molar-refractivity contribution is 0.0812. The summed E-state index contributed by atoms with van der Waals surface area (Å²) in [6, 6.07) is 6.84. The molecule has 0 spiro atoms. The molecule has 0 aliphatic carbocycles. The first kappa shape index (κ1) is 22.5. The second-order valence-electron chi connectivity index (χ2n) is 6.65. The Balaban J connectivity index is 2.44. The minimum absolute atomic E-state index is 0.100. The number of hydrogen-bond acceptors (Lipinski definition) is 6. The predicted octanol–water partition coefficient (Wildman–Crippen LogP) is 3.38. The van der Waals surface area contributed by atoms with E-state index in [0.717, 1.165) is 10.1 Å². The minimum atomic E-state index is -0.961. The summed E-state index contributed by atoms with van der Waals surface area (Å²) >= 11 is 6.01. The van der Waals surface area contributed by atoms with Crippen molar-refractivity contribution < 1.29 is 19.4 Å². The molecule has 0 bridgehead atoms. The van der Waals surface area contributed by atoms with Crippen LogP contribution in [0.25, 0.3) is 0 Å². The number of nitrogens with zero attached hydrogens (tertiary/aromatic N) is 2. The topological polar surface area (TPSA) is 102 Å². The van der Waals surface area contributed by atoms with E-state index < -0.39 is 23.3 Å². The standard InChI is InChI=1S/C21H23ClN2O5/c1-12-10-15(6-7-17(12)22)29-14(3)19(25)18-13(2)16(11-23)20(26)24(21(18)27)8-5-9-28-4/h6-7,10,14,27H,5,8-9H2,1-4H3. The van der Waals surface area contributed by atoms with E-state index in [1.807, 2.05) is 13.0 Å². The Morgan fingerprint density at radius 3 is 2.66 bits per heavy atom. The van der Waals surface area contributed by atoms with Crippen molar-refractivity contribution in [2.45, 2.75) is 39.8 Å². The molecule has 0 saturated heterocycles. The number of aromatic nitrogens is 1. The molecule has 1 unspecified atom stereocenters. The highest BCUT2D eigenvalue weighted by Crippen LogP contribution is 2.26. The number of pyridine rings is 1. The first-order valence-electron chi connectivity index (χ1n) is 9.05. The summed E-state index contributed by atoms with van der Waals surface area (Å²) in [6.45, 7) is 5.29. The summed E-state index contributed by atoms with van der Waals surface area (Å²) < 4.78 is 11.7. The lowest BCUT2D eigenvalue weighted by Gasteiger charge is -2.19. The van der Waals surface area contributed by atoms with Gasteiger partial charge in [-0.25, -0.2) is 0 Å². The van der Waals surface area contributed by atoms with Crippen molar-refractivity contribution in [3.8, 4) is 17.7 Å². The molecule has 1 aromatic heterocycles. The molecule has 0 radical (unpaired) electrons. The fourth-order valence-corrected chi connectivity index (χ4v) is 3.09. The Bertz CT molecular complexity index is 1020. The summed E-state index contributed by atoms with van der Waals surface area (Å²) in [7, 11) is 1.52. The molecular weight excluding hydrogens is 396 g/mol. The van der Waals surface area contributed by atoms with Crippen molar-refractivity contribution in [3.63, 3.8) is 0 Å². The number of hydrogen-bond donors (Lipinski definition) is 1. The molecule has 0 aliphatic rings. The second-order valence-corrected chi connectivity index (χ2v) is 7.06. The predicted molar refractivity (Wildman–Crippen MR) is 109 cm³/mol. The summed E-state index contributed by atoms with van der Waals surface area (Å²) in [5.41, 5.74) is -0.000983. The maximum atomic E-state index is 13.0. The second kappa shape index (κ2) is 9.59. The summed E-state index contributed by atoms with van der Waals surface area (Å²) in [5.74, 6) is -0.571. The van der Waals surface area contributed by atoms with E-state index in [-0.39, 0.29) is 23.2 Å². The normalized spacial score (nSPS) is 11.7. The average Bonchev–Trinajstić information content (AvgIpc) is 2.67. The maximum Gasteiger partial charge on any atom is 0.271 e. The third-order valence-corrected chi connectivity index (χ3v) is 5.01. The first-order valence-corrected chi connectivity index (χ1v) is 9.43. The number of ketones is 1. The zero-order valence-corrected chi connectivity index (χ0v) is 17.5. The Morgan fingerprint density at radius 2 is 2.07 bits per heavy atom. The van der Waals surface area contributed by atoms with Gasteiger partial charge in [-0.3, -0.25) is 14.2 Å². The van der Waals surface area contributed by atoms with E-state index in [4.69, 9.17) is 21.1 Å². The number of nitriles is 1. The van der Waals surface area contributed by atoms with Crippen LogP contribution >= 0.6 is 11.6 Å². The summed E-state index contributed by atoms with van der Waals surface area (Å²) in [5, 5.41) is 20.6. The van der Waals surface area contributed by atoms with Crippen molar-refractivity contribution in [2.75, 3.05) is 13.7 Å². The van der Waals surface area contributed by atoms with Crippen LogP contribution in [0.3, 0.4) is 0 Å². The fourth-order valence-electron chi connectivity index (χ4n) is 2.97. The van der Waals surface area contributed by atoms with Crippen LogP contribution in [-0.4, -0.2) is 35.3 Å². The van der Waals surface area contributed by atoms with E-state index in [2.05, 4.69) is 0 Å². The molecule has 1 aromatic carbocycles. The number of halogens is 1. The van der Waals surface area contributed by atoms with E-state index >= 15 is 0 Å². The smallest absolute Gasteiger partial charge is 0.271 e. The van der Waals surface area contributed by atoms with Crippen molar-refractivity contribution >= 4 is 17.4 Å². The van der Waals surface area contributed by atoms with Gasteiger partial charge in [0.05, 0.1) is 5.56 Å². The lowest BCUT2D eigenvalue weighted by Crippen LogP contribution is -2.31. The highest BCUT2D eigenvalue weighted by atomic mass is 35.5. The number of carbonyl (C=O) groups is 1. The number of Topliss-reactive ketones (excluding diaryl/α,β-unsaturated/α-hetero) is 1. The van der Waals surface area contributed by atoms with Gasteiger partial charge >= 0.3 is 0 Å². The van der Waals surface area contributed by atoms with E-state index in [0.29, 0.717) is 23.8 Å². The van der Waals surface area contributed by atoms with Gasteiger partial charge < -0.3 is 14.6 Å². The average molecular weight is 419 g/mol. The molecular formula is C21H23ClN2O5. The third-order valence-electron chi connectivity index (χ3n) is 4.59. The Morgan fingerprint density at radius 1 is 1.38 bits per heavy atom. The molecule has 0 saturated carbocycles. The fraction of sp³-hybridized carbons (Fsp3) is 0.381. The van der Waals surface area contributed by atoms with Crippen molar-refractivity contribution in [1.29, 1.82) is 5.26 Å². The number of carbonyl (C=O) groups excluding carboxylic acids is 1. The number of benzene rings is 1. The van der Waals surface area contributed by atoms with Crippen LogP contribution in [-0.2, 0) is 11.3 Å². The molecule has 1 N–H and O–H groups in total. The van der Waals surface area contributed by atoms with E-state index in [1.165, 1.54) is 21.0 Å². The van der Waals surface area contributed by atoms with Crippen LogP contribution in [0.2, 0.25) is 5.02 Å². The van der Waals surface area contributed by atoms with Crippen molar-refractivity contribution in [3.05, 3.63) is 55.8 Å². The maximum absolute atomic E-state index is 13.0. The number of aromatic hydroxyl groups is 1. The van der Waals surface area contributed by atoms with E-state index in [9.17, 15) is 20.0 Å². The monoisotopic (exact) mass is 418 g/mol. The van der Waals surface area contributed by atoms with Gasteiger partial charge in [0.25, 0.3) is 5.56 Å². The van der Waals surface area contributed by atoms with E-state index in [1.54, 1.807) is 18.2 Å². The van der Waals surface area contributed by atoms with Gasteiger partial charge in [-0.2, -0.15) is 5.26 Å². The molecule has 2 aromatic rings. The summed E-state index contributed by atoms with van der Waals surface area (Å²) in [6.07, 6.45) is -0.529. The van der Waals surface area contributed by atoms with Crippen molar-refractivity contribution in [2.24, 2.45) is 0 Å². The Hall–Kier alpha value is -2.82. The molecule has 0 fully saturated rings. The van der Waals surface area contributed by atoms with Crippen LogP contribution in [0.5, 0.6) is 11.6 Å². The SMILES string of the molecule is COCCCn1c(O)c(C(=O)C(C)Oc2ccc(Cl)c(C)c2)c(C)c(C#N)c1=O. The highest BCUT2D eigenvalue weighted by Gasteiger charge is 2.28. The molecule has 1 heterocycles. The lowest BCUT2D eigenvalue weighted by atomic mass is 9.99. The van der Waals surface area contributed by atoms with Gasteiger partial charge in [-0.15, -0.1) is 0 Å². The number of methoxy groups -OCH3 is 1. The van der Waals surface area contributed by atoms with Crippen LogP contribution in [0.1, 0.15) is 40.4 Å². The molecule has 0 amide bonds. The van der Waals surface area contributed by atoms with Gasteiger partial charge in [0.1, 0.15) is 17.4 Å². The first-order chi connectivity index (χ1) is 13.7. The molecule has 1 atom stereocenters. The molecule has 154 valence electrons. The quantitative estimate of drug-likeness (QED) is 0.520. The molecule has 29 heavy (non-hydrogen) atoms. The van der Waals surface area contributed by atoms with Crippen LogP contribution in [0.15, 0.2) is 23.0 Å². The van der Waals surface area contributed by atoms with Crippen LogP contribution in [0, 0.1) is 25.2 Å². The number of ether oxygens (including phenoxy) is 2. The molecule has 0 aliphatic heterocycles. The number of rotatable bonds is 8. The van der Waals surface area contributed by atoms with Crippen LogP contribution in [0.4, 0.5) is 0 Å².